The van der Waals surface area contributed by atoms with Gasteiger partial charge in [-0.1, -0.05) is 30.3 Å². The number of benzene rings is 1. The Morgan fingerprint density at radius 3 is 2.76 bits per heavy atom. The molecule has 0 N–H and O–H groups in total. The van der Waals surface area contributed by atoms with Crippen molar-refractivity contribution in [2.45, 2.75) is 13.5 Å². The summed E-state index contributed by atoms with van der Waals surface area (Å²) in [6, 6.07) is 13.6. The van der Waals surface area contributed by atoms with Crippen molar-refractivity contribution in [1.29, 1.82) is 0 Å². The molecule has 2 aromatic heterocycles. The number of ether oxygens (including phenoxy) is 1. The van der Waals surface area contributed by atoms with Crippen molar-refractivity contribution in [3.05, 3.63) is 58.4 Å². The molecule has 0 atom stereocenters. The summed E-state index contributed by atoms with van der Waals surface area (Å²) in [7, 11) is 0. The normalized spacial score (nSPS) is 11.0. The van der Waals surface area contributed by atoms with Gasteiger partial charge >= 0.3 is 5.97 Å². The highest BCUT2D eigenvalue weighted by molar-refractivity contribution is 9.10. The van der Waals surface area contributed by atoms with E-state index in [-0.39, 0.29) is 5.97 Å². The van der Waals surface area contributed by atoms with E-state index in [4.69, 9.17) is 9.15 Å². The third-order valence-electron chi connectivity index (χ3n) is 3.23. The van der Waals surface area contributed by atoms with Gasteiger partial charge in [-0.3, -0.25) is 0 Å². The first-order valence-electron chi connectivity index (χ1n) is 6.68. The fourth-order valence-corrected chi connectivity index (χ4v) is 2.71. The van der Waals surface area contributed by atoms with Crippen LogP contribution in [0.25, 0.3) is 11.1 Å². The number of fused-ring (bicyclic) bond motifs is 1. The predicted octanol–water partition coefficient (Wildman–Crippen LogP) is 4.22. The monoisotopic (exact) mass is 347 g/mol. The number of furan rings is 1. The lowest BCUT2D eigenvalue weighted by atomic mass is 10.2. The molecule has 5 heteroatoms. The van der Waals surface area contributed by atoms with Crippen molar-refractivity contribution in [2.24, 2.45) is 0 Å². The molecule has 4 nitrogen and oxygen atoms in total. The average Bonchev–Trinajstić information content (AvgIpc) is 2.98. The first-order valence-corrected chi connectivity index (χ1v) is 7.48. The van der Waals surface area contributed by atoms with Crippen LogP contribution < -0.4 is 0 Å². The van der Waals surface area contributed by atoms with Crippen LogP contribution in [0.1, 0.15) is 23.0 Å². The number of esters is 1. The average molecular weight is 348 g/mol. The van der Waals surface area contributed by atoms with Gasteiger partial charge in [0, 0.05) is 18.7 Å². The Bertz CT molecular complexity index is 774. The fraction of sp³-hybridized carbons (Fsp3) is 0.188. The van der Waals surface area contributed by atoms with Gasteiger partial charge in [-0.25, -0.2) is 4.79 Å². The van der Waals surface area contributed by atoms with E-state index in [0.29, 0.717) is 29.1 Å². The van der Waals surface area contributed by atoms with Crippen LogP contribution in [0.15, 0.2) is 51.6 Å². The molecule has 2 heterocycles. The summed E-state index contributed by atoms with van der Waals surface area (Å²) in [4.78, 5) is 12.1. The Labute approximate surface area is 130 Å². The molecule has 0 aliphatic rings. The van der Waals surface area contributed by atoms with E-state index in [9.17, 15) is 4.79 Å². The lowest BCUT2D eigenvalue weighted by molar-refractivity contribution is 0.0515. The van der Waals surface area contributed by atoms with Crippen LogP contribution in [0.3, 0.4) is 0 Å². The Morgan fingerprint density at radius 1 is 1.29 bits per heavy atom. The van der Waals surface area contributed by atoms with E-state index in [1.807, 2.05) is 41.0 Å². The van der Waals surface area contributed by atoms with Crippen LogP contribution in [-0.2, 0) is 11.3 Å². The molecular weight excluding hydrogens is 334 g/mol. The molecule has 0 unspecified atom stereocenters. The number of hydrogen-bond donors (Lipinski definition) is 0. The topological polar surface area (TPSA) is 44.4 Å². The minimum atomic E-state index is -0.337. The van der Waals surface area contributed by atoms with Crippen LogP contribution in [0.5, 0.6) is 0 Å². The largest absolute Gasteiger partial charge is 0.461 e. The number of nitrogens with zero attached hydrogens (tertiary/aromatic N) is 1. The minimum absolute atomic E-state index is 0.337. The minimum Gasteiger partial charge on any atom is -0.461 e. The van der Waals surface area contributed by atoms with Gasteiger partial charge in [0.15, 0.2) is 10.3 Å². The molecule has 0 fully saturated rings. The third-order valence-corrected chi connectivity index (χ3v) is 3.62. The molecular formula is C16H14BrNO3. The van der Waals surface area contributed by atoms with E-state index in [0.717, 1.165) is 11.1 Å². The Hall–Kier alpha value is -2.01. The summed E-state index contributed by atoms with van der Waals surface area (Å²) in [5.74, 6) is -0.337. The molecule has 3 rings (SSSR count). The molecule has 0 spiro atoms. The van der Waals surface area contributed by atoms with Gasteiger partial charge in [-0.2, -0.15) is 0 Å². The summed E-state index contributed by atoms with van der Waals surface area (Å²) < 4.78 is 13.2. The molecule has 0 saturated carbocycles. The lowest BCUT2D eigenvalue weighted by Crippen LogP contribution is -2.12. The SMILES string of the molecule is CCOC(=O)c1cc2oc(Br)cc2n1Cc1ccccc1. The van der Waals surface area contributed by atoms with Crippen LogP contribution in [-0.4, -0.2) is 17.1 Å². The molecule has 0 aliphatic carbocycles. The zero-order chi connectivity index (χ0) is 14.8. The summed E-state index contributed by atoms with van der Waals surface area (Å²) in [5.41, 5.74) is 3.15. The molecule has 0 bridgehead atoms. The summed E-state index contributed by atoms with van der Waals surface area (Å²) in [6.07, 6.45) is 0. The maximum Gasteiger partial charge on any atom is 0.355 e. The van der Waals surface area contributed by atoms with Gasteiger partial charge < -0.3 is 13.7 Å². The lowest BCUT2D eigenvalue weighted by Gasteiger charge is -2.09. The molecule has 1 aromatic carbocycles. The zero-order valence-electron chi connectivity index (χ0n) is 11.5. The summed E-state index contributed by atoms with van der Waals surface area (Å²) in [5, 5.41) is 0. The second-order valence-electron chi connectivity index (χ2n) is 4.62. The quantitative estimate of drug-likeness (QED) is 0.663. The molecule has 0 amide bonds. The first-order chi connectivity index (χ1) is 10.2. The molecule has 0 radical (unpaired) electrons. The number of carbonyl (C=O) groups is 1. The van der Waals surface area contributed by atoms with Crippen molar-refractivity contribution >= 4 is 33.0 Å². The first kappa shape index (κ1) is 13.9. The summed E-state index contributed by atoms with van der Waals surface area (Å²) >= 11 is 3.32. The molecule has 21 heavy (non-hydrogen) atoms. The van der Waals surface area contributed by atoms with E-state index < -0.39 is 0 Å². The van der Waals surface area contributed by atoms with Crippen LogP contribution in [0.4, 0.5) is 0 Å². The van der Waals surface area contributed by atoms with E-state index in [2.05, 4.69) is 15.9 Å². The maximum atomic E-state index is 12.1. The van der Waals surface area contributed by atoms with Gasteiger partial charge in [-0.15, -0.1) is 0 Å². The van der Waals surface area contributed by atoms with Crippen molar-refractivity contribution in [3.8, 4) is 0 Å². The van der Waals surface area contributed by atoms with Gasteiger partial charge in [0.2, 0.25) is 0 Å². The summed E-state index contributed by atoms with van der Waals surface area (Å²) in [6.45, 7) is 2.73. The Morgan fingerprint density at radius 2 is 2.05 bits per heavy atom. The van der Waals surface area contributed by atoms with Crippen LogP contribution in [0, 0.1) is 0 Å². The number of halogens is 1. The van der Waals surface area contributed by atoms with Crippen LogP contribution >= 0.6 is 15.9 Å². The highest BCUT2D eigenvalue weighted by Gasteiger charge is 2.19. The highest BCUT2D eigenvalue weighted by atomic mass is 79.9. The van der Waals surface area contributed by atoms with Gasteiger partial charge in [0.1, 0.15) is 5.69 Å². The second kappa shape index (κ2) is 5.77. The Balaban J connectivity index is 2.08. The van der Waals surface area contributed by atoms with Crippen molar-refractivity contribution in [2.75, 3.05) is 6.61 Å². The zero-order valence-corrected chi connectivity index (χ0v) is 13.1. The number of rotatable bonds is 4. The second-order valence-corrected chi connectivity index (χ2v) is 5.40. The van der Waals surface area contributed by atoms with Gasteiger partial charge in [-0.05, 0) is 28.4 Å². The molecule has 3 aromatic rings. The molecule has 0 aliphatic heterocycles. The van der Waals surface area contributed by atoms with Crippen LogP contribution in [0.2, 0.25) is 0 Å². The van der Waals surface area contributed by atoms with Gasteiger partial charge in [0.25, 0.3) is 0 Å². The maximum absolute atomic E-state index is 12.1. The standard InChI is InChI=1S/C16H14BrNO3/c1-2-20-16(19)13-8-14-12(9-15(17)21-14)18(13)10-11-6-4-3-5-7-11/h3-9H,2,10H2,1H3. The highest BCUT2D eigenvalue weighted by Crippen LogP contribution is 2.28. The number of aromatic nitrogens is 1. The van der Waals surface area contributed by atoms with Crippen molar-refractivity contribution in [3.63, 3.8) is 0 Å². The number of carbonyl (C=O) groups excluding carboxylic acids is 1. The van der Waals surface area contributed by atoms with Gasteiger partial charge in [0.05, 0.1) is 12.1 Å². The van der Waals surface area contributed by atoms with E-state index in [1.165, 1.54) is 0 Å². The Kier molecular flexibility index (Phi) is 3.84. The van der Waals surface area contributed by atoms with E-state index in [1.54, 1.807) is 13.0 Å². The molecule has 0 saturated heterocycles. The smallest absolute Gasteiger partial charge is 0.355 e. The predicted molar refractivity (Wildman–Crippen MR) is 83.4 cm³/mol. The van der Waals surface area contributed by atoms with Crippen molar-refractivity contribution in [1.82, 2.24) is 4.57 Å². The van der Waals surface area contributed by atoms with E-state index >= 15 is 0 Å². The van der Waals surface area contributed by atoms with Crippen molar-refractivity contribution < 1.29 is 13.9 Å². The molecule has 108 valence electrons. The number of hydrogen-bond acceptors (Lipinski definition) is 3. The fourth-order valence-electron chi connectivity index (χ4n) is 2.32. The third kappa shape index (κ3) is 2.74.